The Labute approximate surface area is 231 Å². The predicted molar refractivity (Wildman–Crippen MR) is 152 cm³/mol. The van der Waals surface area contributed by atoms with Gasteiger partial charge in [-0.15, -0.1) is 11.3 Å². The van der Waals surface area contributed by atoms with Crippen LogP contribution in [0.2, 0.25) is 0 Å². The van der Waals surface area contributed by atoms with E-state index < -0.39 is 0 Å². The molecule has 7 nitrogen and oxygen atoms in total. The van der Waals surface area contributed by atoms with Crippen LogP contribution < -0.4 is 10.6 Å². The van der Waals surface area contributed by atoms with E-state index >= 15 is 0 Å². The summed E-state index contributed by atoms with van der Waals surface area (Å²) in [7, 11) is 0. The minimum atomic E-state index is -0.302. The third-order valence-corrected chi connectivity index (χ3v) is 7.35. The average molecular weight is 539 g/mol. The quantitative estimate of drug-likeness (QED) is 0.280. The van der Waals surface area contributed by atoms with Crippen molar-refractivity contribution in [2.75, 3.05) is 11.9 Å². The maximum atomic E-state index is 13.0. The highest BCUT2D eigenvalue weighted by Gasteiger charge is 2.34. The van der Waals surface area contributed by atoms with Crippen LogP contribution in [-0.4, -0.2) is 40.2 Å². The average Bonchev–Trinajstić information content (AvgIpc) is 3.72. The lowest BCUT2D eigenvalue weighted by Gasteiger charge is -2.21. The van der Waals surface area contributed by atoms with Crippen LogP contribution in [0.25, 0.3) is 0 Å². The van der Waals surface area contributed by atoms with Crippen molar-refractivity contribution >= 4 is 34.2 Å². The number of anilines is 1. The zero-order valence-electron chi connectivity index (χ0n) is 21.5. The molecule has 1 heterocycles. The van der Waals surface area contributed by atoms with E-state index in [1.807, 2.05) is 66.7 Å². The van der Waals surface area contributed by atoms with Crippen LogP contribution in [0.4, 0.5) is 5.13 Å². The fourth-order valence-electron chi connectivity index (χ4n) is 4.46. The van der Waals surface area contributed by atoms with E-state index in [2.05, 4.69) is 27.8 Å². The normalized spacial score (nSPS) is 13.3. The Bertz CT molecular complexity index is 1410. The summed E-state index contributed by atoms with van der Waals surface area (Å²) in [6.07, 6.45) is 2.58. The molecule has 1 atom stereocenters. The summed E-state index contributed by atoms with van der Waals surface area (Å²) in [5, 5.41) is 8.13. The molecule has 0 spiro atoms. The maximum Gasteiger partial charge on any atom is 0.254 e. The van der Waals surface area contributed by atoms with Crippen molar-refractivity contribution in [1.29, 1.82) is 0 Å². The smallest absolute Gasteiger partial charge is 0.254 e. The third-order valence-electron chi connectivity index (χ3n) is 6.54. The molecule has 1 fully saturated rings. The number of thiazole rings is 1. The van der Waals surface area contributed by atoms with Crippen LogP contribution >= 0.6 is 11.3 Å². The van der Waals surface area contributed by atoms with Crippen LogP contribution in [0.15, 0.2) is 96.4 Å². The first-order chi connectivity index (χ1) is 19.0. The SMILES string of the molecule is O=C(CN(C(=O)c1ccccc1)C1CC1)Nc1nc(CC(=O)N[C@H](Cc2ccccc2)c2ccccc2)cs1. The van der Waals surface area contributed by atoms with Gasteiger partial charge in [-0.3, -0.25) is 14.4 Å². The van der Waals surface area contributed by atoms with Crippen LogP contribution in [0, 0.1) is 0 Å². The molecule has 1 aliphatic carbocycles. The molecular weight excluding hydrogens is 508 g/mol. The molecular formula is C31H30N4O3S. The van der Waals surface area contributed by atoms with Gasteiger partial charge in [0.2, 0.25) is 11.8 Å². The van der Waals surface area contributed by atoms with Gasteiger partial charge < -0.3 is 15.5 Å². The lowest BCUT2D eigenvalue weighted by atomic mass is 9.98. The van der Waals surface area contributed by atoms with Gasteiger partial charge in [0.1, 0.15) is 6.54 Å². The van der Waals surface area contributed by atoms with E-state index in [0.717, 1.165) is 24.0 Å². The number of carbonyl (C=O) groups excluding carboxylic acids is 3. The second-order valence-corrected chi connectivity index (χ2v) is 10.5. The molecule has 1 saturated carbocycles. The van der Waals surface area contributed by atoms with E-state index in [4.69, 9.17) is 0 Å². The first-order valence-electron chi connectivity index (χ1n) is 13.0. The van der Waals surface area contributed by atoms with Crippen LogP contribution in [0.5, 0.6) is 0 Å². The van der Waals surface area contributed by atoms with E-state index in [0.29, 0.717) is 22.8 Å². The minimum Gasteiger partial charge on any atom is -0.349 e. The number of aromatic nitrogens is 1. The van der Waals surface area contributed by atoms with Gasteiger partial charge in [-0.2, -0.15) is 0 Å². The highest BCUT2D eigenvalue weighted by Crippen LogP contribution is 2.28. The number of nitrogens with one attached hydrogen (secondary N) is 2. The lowest BCUT2D eigenvalue weighted by Crippen LogP contribution is -2.39. The van der Waals surface area contributed by atoms with Gasteiger partial charge in [-0.25, -0.2) is 4.98 Å². The molecule has 3 aromatic carbocycles. The number of nitrogens with zero attached hydrogens (tertiary/aromatic N) is 2. The summed E-state index contributed by atoms with van der Waals surface area (Å²) < 4.78 is 0. The second-order valence-electron chi connectivity index (χ2n) is 9.62. The van der Waals surface area contributed by atoms with Gasteiger partial charge >= 0.3 is 0 Å². The molecule has 3 amide bonds. The van der Waals surface area contributed by atoms with Gasteiger partial charge in [-0.05, 0) is 42.5 Å². The predicted octanol–water partition coefficient (Wildman–Crippen LogP) is 5.03. The third kappa shape index (κ3) is 7.39. The molecule has 4 aromatic rings. The van der Waals surface area contributed by atoms with Crippen molar-refractivity contribution in [3.8, 4) is 0 Å². The Morgan fingerprint density at radius 2 is 1.51 bits per heavy atom. The van der Waals surface area contributed by atoms with Crippen molar-refractivity contribution in [3.63, 3.8) is 0 Å². The Hall–Kier alpha value is -4.30. The van der Waals surface area contributed by atoms with Gasteiger partial charge in [-0.1, -0.05) is 78.9 Å². The van der Waals surface area contributed by atoms with Gasteiger partial charge in [0.05, 0.1) is 18.2 Å². The second kappa shape index (κ2) is 12.5. The summed E-state index contributed by atoms with van der Waals surface area (Å²) in [6, 6.07) is 28.9. The molecule has 2 N–H and O–H groups in total. The molecule has 5 rings (SSSR count). The van der Waals surface area contributed by atoms with Crippen LogP contribution in [0.1, 0.15) is 46.1 Å². The van der Waals surface area contributed by atoms with E-state index in [1.54, 1.807) is 22.4 Å². The maximum absolute atomic E-state index is 13.0. The molecule has 8 heteroatoms. The first-order valence-corrected chi connectivity index (χ1v) is 13.9. The Morgan fingerprint density at radius 1 is 0.872 bits per heavy atom. The summed E-state index contributed by atoms with van der Waals surface area (Å²) >= 11 is 1.27. The zero-order valence-corrected chi connectivity index (χ0v) is 22.3. The van der Waals surface area contributed by atoms with E-state index in [-0.39, 0.29) is 42.8 Å². The molecule has 198 valence electrons. The summed E-state index contributed by atoms with van der Waals surface area (Å²) in [5.41, 5.74) is 3.32. The number of rotatable bonds is 11. The van der Waals surface area contributed by atoms with Crippen LogP contribution in [0.3, 0.4) is 0 Å². The molecule has 0 unspecified atom stereocenters. The highest BCUT2D eigenvalue weighted by atomic mass is 32.1. The zero-order chi connectivity index (χ0) is 27.0. The summed E-state index contributed by atoms with van der Waals surface area (Å²) in [4.78, 5) is 44.8. The van der Waals surface area contributed by atoms with Gasteiger partial charge in [0, 0.05) is 17.0 Å². The summed E-state index contributed by atoms with van der Waals surface area (Å²) in [5.74, 6) is -0.590. The number of carbonyl (C=O) groups is 3. The molecule has 0 bridgehead atoms. The highest BCUT2D eigenvalue weighted by molar-refractivity contribution is 7.13. The Morgan fingerprint density at radius 3 is 2.18 bits per heavy atom. The molecule has 1 aromatic heterocycles. The molecule has 0 radical (unpaired) electrons. The number of hydrogen-bond donors (Lipinski definition) is 2. The monoisotopic (exact) mass is 538 g/mol. The van der Waals surface area contributed by atoms with Crippen LogP contribution in [-0.2, 0) is 22.4 Å². The fraction of sp³-hybridized carbons (Fsp3) is 0.226. The van der Waals surface area contributed by atoms with Crippen molar-refractivity contribution in [2.45, 2.75) is 37.8 Å². The standard InChI is InChI=1S/C31H30N4O3S/c36-28(33-27(23-12-6-2-7-13-23)18-22-10-4-1-5-11-22)19-25-21-39-31(32-25)34-29(37)20-35(26-16-17-26)30(38)24-14-8-3-9-15-24/h1-15,21,26-27H,16-20H2,(H,33,36)(H,32,34,37)/t27-/m1/s1. The first kappa shape index (κ1) is 26.3. The van der Waals surface area contributed by atoms with Crippen molar-refractivity contribution < 1.29 is 14.4 Å². The molecule has 39 heavy (non-hydrogen) atoms. The summed E-state index contributed by atoms with van der Waals surface area (Å²) in [6.45, 7) is -0.0357. The van der Waals surface area contributed by atoms with Crippen molar-refractivity contribution in [2.24, 2.45) is 0 Å². The van der Waals surface area contributed by atoms with Gasteiger partial charge in [0.25, 0.3) is 5.91 Å². The number of hydrogen-bond acceptors (Lipinski definition) is 5. The minimum absolute atomic E-state index is 0.0357. The molecule has 0 saturated heterocycles. The molecule has 1 aliphatic rings. The number of benzene rings is 3. The van der Waals surface area contributed by atoms with E-state index in [9.17, 15) is 14.4 Å². The van der Waals surface area contributed by atoms with E-state index in [1.165, 1.54) is 11.3 Å². The topological polar surface area (TPSA) is 91.4 Å². The lowest BCUT2D eigenvalue weighted by molar-refractivity contribution is -0.121. The molecule has 0 aliphatic heterocycles. The Kier molecular flexibility index (Phi) is 8.43. The Balaban J connectivity index is 1.17. The fourth-order valence-corrected chi connectivity index (χ4v) is 5.18. The van der Waals surface area contributed by atoms with Crippen molar-refractivity contribution in [3.05, 3.63) is 119 Å². The van der Waals surface area contributed by atoms with Crippen molar-refractivity contribution in [1.82, 2.24) is 15.2 Å². The number of amides is 3. The largest absolute Gasteiger partial charge is 0.349 e. The van der Waals surface area contributed by atoms with Gasteiger partial charge in [0.15, 0.2) is 5.13 Å².